The van der Waals surface area contributed by atoms with Gasteiger partial charge in [-0.1, -0.05) is 19.9 Å². The summed E-state index contributed by atoms with van der Waals surface area (Å²) < 4.78 is 5.56. The van der Waals surface area contributed by atoms with E-state index in [-0.39, 0.29) is 41.8 Å². The van der Waals surface area contributed by atoms with Crippen LogP contribution in [0.5, 0.6) is 5.88 Å². The Morgan fingerprint density at radius 1 is 1.44 bits per heavy atom. The molecule has 1 aliphatic rings. The van der Waals surface area contributed by atoms with Gasteiger partial charge in [0.25, 0.3) is 0 Å². The average Bonchev–Trinajstić information content (AvgIpc) is 3.09. The van der Waals surface area contributed by atoms with Gasteiger partial charge in [-0.3, -0.25) is 4.79 Å². The fourth-order valence-electron chi connectivity index (χ4n) is 2.93. The lowest BCUT2D eigenvalue weighted by atomic mass is 10.2. The van der Waals surface area contributed by atoms with Crippen molar-refractivity contribution in [1.82, 2.24) is 20.5 Å². The molecule has 2 rings (SSSR count). The molecule has 1 atom stereocenters. The summed E-state index contributed by atoms with van der Waals surface area (Å²) in [4.78, 5) is 23.0. The molecule has 1 aromatic rings. The molecule has 1 unspecified atom stereocenters. The van der Waals surface area contributed by atoms with Crippen molar-refractivity contribution in [3.05, 3.63) is 23.9 Å². The third kappa shape index (κ3) is 7.15. The first-order chi connectivity index (χ1) is 12.5. The van der Waals surface area contributed by atoms with Gasteiger partial charge in [-0.05, 0) is 26.3 Å². The Balaban J connectivity index is 0.00000364. The number of nitrogens with zero attached hydrogens (tertiary/aromatic N) is 3. The molecule has 1 fully saturated rings. The average molecular weight is 489 g/mol. The van der Waals surface area contributed by atoms with Crippen molar-refractivity contribution in [3.63, 3.8) is 0 Å². The van der Waals surface area contributed by atoms with Crippen LogP contribution in [0.2, 0.25) is 0 Å². The van der Waals surface area contributed by atoms with Crippen molar-refractivity contribution in [2.45, 2.75) is 46.7 Å². The van der Waals surface area contributed by atoms with Crippen LogP contribution in [0, 0.1) is 5.92 Å². The van der Waals surface area contributed by atoms with Gasteiger partial charge in [0, 0.05) is 43.4 Å². The van der Waals surface area contributed by atoms with Gasteiger partial charge >= 0.3 is 0 Å². The van der Waals surface area contributed by atoms with Crippen LogP contribution in [0.3, 0.4) is 0 Å². The fraction of sp³-hybridized carbons (Fsp3) is 0.632. The standard InChI is InChI=1S/C19H31N5O2.HI/c1-5-20-19(22-12-15-8-7-10-21-17(15)26-6-2)23-16-9-11-24(13-16)18(25)14(3)4;/h7-8,10,14,16H,5-6,9,11-13H2,1-4H3,(H2,20,22,23);1H. The Hall–Kier alpha value is -1.58. The topological polar surface area (TPSA) is 78.9 Å². The Morgan fingerprint density at radius 2 is 2.22 bits per heavy atom. The van der Waals surface area contributed by atoms with E-state index in [9.17, 15) is 4.79 Å². The quantitative estimate of drug-likeness (QED) is 0.350. The molecule has 0 spiro atoms. The van der Waals surface area contributed by atoms with Gasteiger partial charge in [-0.2, -0.15) is 0 Å². The summed E-state index contributed by atoms with van der Waals surface area (Å²) in [5.41, 5.74) is 0.953. The second-order valence-corrected chi connectivity index (χ2v) is 6.66. The van der Waals surface area contributed by atoms with Crippen LogP contribution in [-0.4, -0.2) is 54.0 Å². The molecule has 1 amide bonds. The largest absolute Gasteiger partial charge is 0.478 e. The van der Waals surface area contributed by atoms with Crippen LogP contribution >= 0.6 is 24.0 Å². The van der Waals surface area contributed by atoms with Gasteiger partial charge in [0.2, 0.25) is 11.8 Å². The number of hydrogen-bond acceptors (Lipinski definition) is 4. The molecule has 2 heterocycles. The second kappa shape index (κ2) is 12.0. The highest BCUT2D eigenvalue weighted by atomic mass is 127. The van der Waals surface area contributed by atoms with Crippen molar-refractivity contribution in [2.75, 3.05) is 26.2 Å². The molecule has 2 N–H and O–H groups in total. The SMILES string of the molecule is CCNC(=NCc1cccnc1OCC)NC1CCN(C(=O)C(C)C)C1.I. The van der Waals surface area contributed by atoms with Crippen molar-refractivity contribution in [3.8, 4) is 5.88 Å². The third-order valence-corrected chi connectivity index (χ3v) is 4.22. The Labute approximate surface area is 179 Å². The summed E-state index contributed by atoms with van der Waals surface area (Å²) in [6.45, 7) is 11.2. The summed E-state index contributed by atoms with van der Waals surface area (Å²) in [6.07, 6.45) is 2.65. The van der Waals surface area contributed by atoms with Gasteiger partial charge in [0.05, 0.1) is 13.2 Å². The van der Waals surface area contributed by atoms with Crippen LogP contribution in [0.4, 0.5) is 0 Å². The van der Waals surface area contributed by atoms with E-state index in [0.717, 1.165) is 37.6 Å². The van der Waals surface area contributed by atoms with Gasteiger partial charge in [-0.15, -0.1) is 24.0 Å². The molecule has 152 valence electrons. The first-order valence-electron chi connectivity index (χ1n) is 9.45. The molecule has 0 radical (unpaired) electrons. The smallest absolute Gasteiger partial charge is 0.225 e. The first kappa shape index (κ1) is 23.5. The molecule has 1 aromatic heterocycles. The lowest BCUT2D eigenvalue weighted by Crippen LogP contribution is -2.45. The third-order valence-electron chi connectivity index (χ3n) is 4.22. The van der Waals surface area contributed by atoms with E-state index < -0.39 is 0 Å². The van der Waals surface area contributed by atoms with Crippen molar-refractivity contribution in [1.29, 1.82) is 0 Å². The molecule has 0 aliphatic carbocycles. The van der Waals surface area contributed by atoms with Crippen LogP contribution in [0.15, 0.2) is 23.3 Å². The highest BCUT2D eigenvalue weighted by Crippen LogP contribution is 2.16. The van der Waals surface area contributed by atoms with Gasteiger partial charge in [-0.25, -0.2) is 9.98 Å². The Kier molecular flexibility index (Phi) is 10.4. The molecule has 1 saturated heterocycles. The second-order valence-electron chi connectivity index (χ2n) is 6.66. The molecule has 8 heteroatoms. The zero-order valence-corrected chi connectivity index (χ0v) is 19.0. The minimum absolute atomic E-state index is 0. The highest BCUT2D eigenvalue weighted by Gasteiger charge is 2.27. The van der Waals surface area contributed by atoms with Crippen LogP contribution in [-0.2, 0) is 11.3 Å². The van der Waals surface area contributed by atoms with Crippen LogP contribution in [0.25, 0.3) is 0 Å². The summed E-state index contributed by atoms with van der Waals surface area (Å²) in [5.74, 6) is 1.64. The minimum atomic E-state index is 0. The molecule has 0 aromatic carbocycles. The lowest BCUT2D eigenvalue weighted by molar-refractivity contribution is -0.133. The zero-order valence-electron chi connectivity index (χ0n) is 16.7. The van der Waals surface area contributed by atoms with E-state index >= 15 is 0 Å². The maximum absolute atomic E-state index is 12.1. The molecule has 0 bridgehead atoms. The molecular formula is C19H32IN5O2. The van der Waals surface area contributed by atoms with Gasteiger partial charge in [0.1, 0.15) is 0 Å². The van der Waals surface area contributed by atoms with Crippen LogP contribution in [0.1, 0.15) is 39.7 Å². The van der Waals surface area contributed by atoms with E-state index in [1.165, 1.54) is 0 Å². The number of ether oxygens (including phenoxy) is 1. The molecule has 7 nitrogen and oxygen atoms in total. The van der Waals surface area contributed by atoms with E-state index in [1.54, 1.807) is 6.20 Å². The number of hydrogen-bond donors (Lipinski definition) is 2. The lowest BCUT2D eigenvalue weighted by Gasteiger charge is -2.20. The number of pyridine rings is 1. The minimum Gasteiger partial charge on any atom is -0.478 e. The Morgan fingerprint density at radius 3 is 2.89 bits per heavy atom. The normalized spacial score (nSPS) is 16.9. The highest BCUT2D eigenvalue weighted by molar-refractivity contribution is 14.0. The molecule has 0 saturated carbocycles. The number of rotatable bonds is 7. The summed E-state index contributed by atoms with van der Waals surface area (Å²) in [6, 6.07) is 4.08. The number of aromatic nitrogens is 1. The maximum atomic E-state index is 12.1. The van der Waals surface area contributed by atoms with Crippen molar-refractivity contribution in [2.24, 2.45) is 10.9 Å². The number of guanidine groups is 1. The predicted octanol–water partition coefficient (Wildman–Crippen LogP) is 2.41. The van der Waals surface area contributed by atoms with E-state index in [4.69, 9.17) is 4.74 Å². The number of nitrogens with one attached hydrogen (secondary N) is 2. The number of halogens is 1. The first-order valence-corrected chi connectivity index (χ1v) is 9.45. The number of likely N-dealkylation sites (tertiary alicyclic amines) is 1. The fourth-order valence-corrected chi connectivity index (χ4v) is 2.93. The number of aliphatic imine (C=N–C) groups is 1. The molecular weight excluding hydrogens is 457 g/mol. The van der Waals surface area contributed by atoms with E-state index in [0.29, 0.717) is 19.0 Å². The number of carbonyl (C=O) groups excluding carboxylic acids is 1. The van der Waals surface area contributed by atoms with E-state index in [2.05, 4.69) is 20.6 Å². The number of amides is 1. The molecule has 1 aliphatic heterocycles. The maximum Gasteiger partial charge on any atom is 0.225 e. The van der Waals surface area contributed by atoms with Gasteiger partial charge < -0.3 is 20.3 Å². The van der Waals surface area contributed by atoms with Gasteiger partial charge in [0.15, 0.2) is 5.96 Å². The van der Waals surface area contributed by atoms with E-state index in [1.807, 2.05) is 44.7 Å². The summed E-state index contributed by atoms with van der Waals surface area (Å²) in [7, 11) is 0. The van der Waals surface area contributed by atoms with Crippen molar-refractivity contribution >= 4 is 35.8 Å². The Bertz CT molecular complexity index is 624. The summed E-state index contributed by atoms with van der Waals surface area (Å²) in [5, 5.41) is 6.72. The zero-order chi connectivity index (χ0) is 18.9. The number of carbonyl (C=O) groups is 1. The van der Waals surface area contributed by atoms with Crippen molar-refractivity contribution < 1.29 is 9.53 Å². The monoisotopic (exact) mass is 489 g/mol. The molecule has 27 heavy (non-hydrogen) atoms. The predicted molar refractivity (Wildman–Crippen MR) is 119 cm³/mol. The van der Waals surface area contributed by atoms with Crippen LogP contribution < -0.4 is 15.4 Å². The summed E-state index contributed by atoms with van der Waals surface area (Å²) >= 11 is 0.